The van der Waals surface area contributed by atoms with Gasteiger partial charge in [0.25, 0.3) is 12.3 Å². The Kier molecular flexibility index (Phi) is 5.43. The van der Waals surface area contributed by atoms with Gasteiger partial charge in [0.2, 0.25) is 0 Å². The lowest BCUT2D eigenvalue weighted by atomic mass is 10.2. The number of nitrogens with zero attached hydrogens (tertiary/aromatic N) is 2. The van der Waals surface area contributed by atoms with Crippen molar-refractivity contribution >= 4 is 17.6 Å². The zero-order valence-corrected chi connectivity index (χ0v) is 13.0. The number of aryl methyl sites for hydroxylation is 1. The second kappa shape index (κ2) is 7.37. The van der Waals surface area contributed by atoms with Crippen molar-refractivity contribution in [3.05, 3.63) is 41.7 Å². The highest BCUT2D eigenvalue weighted by Gasteiger charge is 2.32. The maximum absolute atomic E-state index is 12.8. The summed E-state index contributed by atoms with van der Waals surface area (Å²) in [6.45, 7) is 0. The normalized spacial score (nSPS) is 11.3. The molecule has 12 heteroatoms. The lowest BCUT2D eigenvalue weighted by Crippen LogP contribution is -2.35. The van der Waals surface area contributed by atoms with Gasteiger partial charge in [0, 0.05) is 13.2 Å². The summed E-state index contributed by atoms with van der Waals surface area (Å²) in [5.74, 6) is -1.91. The number of urea groups is 1. The molecule has 0 saturated carbocycles. The summed E-state index contributed by atoms with van der Waals surface area (Å²) >= 11 is 0. The van der Waals surface area contributed by atoms with E-state index in [9.17, 15) is 31.5 Å². The van der Waals surface area contributed by atoms with Gasteiger partial charge in [-0.3, -0.25) is 14.8 Å². The number of anilines is 1. The van der Waals surface area contributed by atoms with Gasteiger partial charge in [-0.15, -0.1) is 13.2 Å². The highest BCUT2D eigenvalue weighted by atomic mass is 19.4. The van der Waals surface area contributed by atoms with E-state index in [1.165, 1.54) is 19.2 Å². The van der Waals surface area contributed by atoms with Gasteiger partial charge in [0.05, 0.1) is 11.3 Å². The van der Waals surface area contributed by atoms with Gasteiger partial charge >= 0.3 is 12.4 Å². The standard InChI is InChI=1S/C14H11F5N4O3/c1-23-6-7(10(22-23)11(15)16)12(24)21-13(25)20-8-4-2-3-5-9(8)26-14(17,18)19/h2-6,11H,1H3,(H2,20,21,24,25). The molecule has 0 aliphatic rings. The highest BCUT2D eigenvalue weighted by Crippen LogP contribution is 2.29. The van der Waals surface area contributed by atoms with E-state index in [1.54, 1.807) is 5.32 Å². The smallest absolute Gasteiger partial charge is 0.404 e. The van der Waals surface area contributed by atoms with Crippen LogP contribution in [-0.4, -0.2) is 28.1 Å². The SMILES string of the molecule is Cn1cc(C(=O)NC(=O)Nc2ccccc2OC(F)(F)F)c(C(F)F)n1. The van der Waals surface area contributed by atoms with Crippen LogP contribution in [0.3, 0.4) is 0 Å². The predicted octanol–water partition coefficient (Wildman–Crippen LogP) is 3.22. The number of aromatic nitrogens is 2. The first kappa shape index (κ1) is 19.1. The number of benzene rings is 1. The molecule has 26 heavy (non-hydrogen) atoms. The number of rotatable bonds is 4. The zero-order chi connectivity index (χ0) is 19.5. The Balaban J connectivity index is 2.11. The Morgan fingerprint density at radius 2 is 1.88 bits per heavy atom. The Morgan fingerprint density at radius 3 is 2.50 bits per heavy atom. The second-order valence-corrected chi connectivity index (χ2v) is 4.85. The van der Waals surface area contributed by atoms with Crippen LogP contribution < -0.4 is 15.4 Å². The minimum Gasteiger partial charge on any atom is -0.404 e. The van der Waals surface area contributed by atoms with Gasteiger partial charge in [0.15, 0.2) is 5.75 Å². The maximum atomic E-state index is 12.8. The van der Waals surface area contributed by atoms with Crippen LogP contribution >= 0.6 is 0 Å². The third-order valence-electron chi connectivity index (χ3n) is 2.90. The molecule has 0 unspecified atom stereocenters. The Labute approximate surface area is 142 Å². The van der Waals surface area contributed by atoms with E-state index < -0.39 is 41.7 Å². The van der Waals surface area contributed by atoms with Gasteiger partial charge in [-0.25, -0.2) is 13.6 Å². The Bertz CT molecular complexity index is 819. The molecule has 0 aliphatic carbocycles. The first-order chi connectivity index (χ1) is 12.1. The molecule has 2 aromatic rings. The van der Waals surface area contributed by atoms with Crippen molar-refractivity contribution in [3.8, 4) is 5.75 Å². The number of imide groups is 1. The number of ether oxygens (including phenoxy) is 1. The van der Waals surface area contributed by atoms with Crippen LogP contribution in [-0.2, 0) is 7.05 Å². The molecule has 2 N–H and O–H groups in total. The number of alkyl halides is 5. The minimum atomic E-state index is -4.99. The Hall–Kier alpha value is -3.18. The van der Waals surface area contributed by atoms with Gasteiger partial charge < -0.3 is 10.1 Å². The number of hydrogen-bond donors (Lipinski definition) is 2. The molecule has 0 fully saturated rings. The molecule has 140 valence electrons. The predicted molar refractivity (Wildman–Crippen MR) is 77.8 cm³/mol. The fraction of sp³-hybridized carbons (Fsp3) is 0.214. The second-order valence-electron chi connectivity index (χ2n) is 4.85. The number of carbonyl (C=O) groups excluding carboxylic acids is 2. The van der Waals surface area contributed by atoms with E-state index in [2.05, 4.69) is 9.84 Å². The van der Waals surface area contributed by atoms with Gasteiger partial charge in [-0.2, -0.15) is 5.10 Å². The van der Waals surface area contributed by atoms with Crippen molar-refractivity contribution in [1.82, 2.24) is 15.1 Å². The van der Waals surface area contributed by atoms with Crippen LogP contribution in [0.5, 0.6) is 5.75 Å². The van der Waals surface area contributed by atoms with Gasteiger partial charge in [-0.05, 0) is 12.1 Å². The third-order valence-corrected chi connectivity index (χ3v) is 2.90. The van der Waals surface area contributed by atoms with E-state index in [4.69, 9.17) is 0 Å². The van der Waals surface area contributed by atoms with E-state index in [0.717, 1.165) is 23.0 Å². The first-order valence-electron chi connectivity index (χ1n) is 6.85. The summed E-state index contributed by atoms with van der Waals surface area (Å²) in [7, 11) is 1.30. The number of carbonyl (C=O) groups is 2. The quantitative estimate of drug-likeness (QED) is 0.800. The zero-order valence-electron chi connectivity index (χ0n) is 13.0. The van der Waals surface area contributed by atoms with Gasteiger partial charge in [0.1, 0.15) is 5.69 Å². The molecule has 1 heterocycles. The average molecular weight is 378 g/mol. The van der Waals surface area contributed by atoms with Crippen LogP contribution in [0.1, 0.15) is 22.5 Å². The molecule has 1 aromatic heterocycles. The molecular weight excluding hydrogens is 367 g/mol. The summed E-state index contributed by atoms with van der Waals surface area (Å²) in [6.07, 6.45) is -7.07. The fourth-order valence-electron chi connectivity index (χ4n) is 1.95. The van der Waals surface area contributed by atoms with Crippen LogP contribution in [0.15, 0.2) is 30.5 Å². The number of halogens is 5. The number of hydrogen-bond acceptors (Lipinski definition) is 4. The Morgan fingerprint density at radius 1 is 1.23 bits per heavy atom. The molecule has 7 nitrogen and oxygen atoms in total. The van der Waals surface area contributed by atoms with E-state index in [1.807, 2.05) is 5.32 Å². The monoisotopic (exact) mass is 378 g/mol. The number of nitrogens with one attached hydrogen (secondary N) is 2. The number of amides is 3. The molecule has 0 atom stereocenters. The van der Waals surface area contributed by atoms with Crippen LogP contribution in [0.2, 0.25) is 0 Å². The third kappa shape index (κ3) is 4.91. The first-order valence-corrected chi connectivity index (χ1v) is 6.85. The van der Waals surface area contributed by atoms with Crippen LogP contribution in [0.25, 0.3) is 0 Å². The highest BCUT2D eigenvalue weighted by molar-refractivity contribution is 6.08. The molecular formula is C14H11F5N4O3. The molecule has 0 aliphatic heterocycles. The van der Waals surface area contributed by atoms with Crippen molar-refractivity contribution in [2.75, 3.05) is 5.32 Å². The molecule has 0 bridgehead atoms. The van der Waals surface area contributed by atoms with Gasteiger partial charge in [-0.1, -0.05) is 12.1 Å². The summed E-state index contributed by atoms with van der Waals surface area (Å²) in [5.41, 5.74) is -1.76. The molecule has 0 saturated heterocycles. The maximum Gasteiger partial charge on any atom is 0.573 e. The van der Waals surface area contributed by atoms with E-state index in [0.29, 0.717) is 0 Å². The average Bonchev–Trinajstić information content (AvgIpc) is 2.90. The van der Waals surface area contributed by atoms with Crippen LogP contribution in [0, 0.1) is 0 Å². The van der Waals surface area contributed by atoms with Crippen molar-refractivity contribution < 1.29 is 36.3 Å². The lowest BCUT2D eigenvalue weighted by Gasteiger charge is -2.13. The molecule has 3 amide bonds. The van der Waals surface area contributed by atoms with Crippen molar-refractivity contribution in [2.45, 2.75) is 12.8 Å². The largest absolute Gasteiger partial charge is 0.573 e. The fourth-order valence-corrected chi connectivity index (χ4v) is 1.95. The molecule has 0 spiro atoms. The molecule has 1 aromatic carbocycles. The van der Waals surface area contributed by atoms with Crippen molar-refractivity contribution in [3.63, 3.8) is 0 Å². The topological polar surface area (TPSA) is 85.2 Å². The van der Waals surface area contributed by atoms with Crippen LogP contribution in [0.4, 0.5) is 32.4 Å². The molecule has 0 radical (unpaired) electrons. The number of para-hydroxylation sites is 2. The summed E-state index contributed by atoms with van der Waals surface area (Å²) in [5, 5.41) is 7.12. The van der Waals surface area contributed by atoms with E-state index in [-0.39, 0.29) is 5.69 Å². The minimum absolute atomic E-state index is 0.379. The lowest BCUT2D eigenvalue weighted by molar-refractivity contribution is -0.274. The summed E-state index contributed by atoms with van der Waals surface area (Å²) in [6, 6.07) is 3.36. The summed E-state index contributed by atoms with van der Waals surface area (Å²) in [4.78, 5) is 23.7. The molecule has 2 rings (SSSR count). The van der Waals surface area contributed by atoms with E-state index >= 15 is 0 Å². The summed E-state index contributed by atoms with van der Waals surface area (Å²) < 4.78 is 67.3. The van der Waals surface area contributed by atoms with Crippen molar-refractivity contribution in [2.24, 2.45) is 7.05 Å². The van der Waals surface area contributed by atoms with Crippen molar-refractivity contribution in [1.29, 1.82) is 0 Å².